The first-order valence-corrected chi connectivity index (χ1v) is 7.03. The van der Waals surface area contributed by atoms with E-state index in [2.05, 4.69) is 27.3 Å². The molecule has 18 heavy (non-hydrogen) atoms. The minimum Gasteiger partial charge on any atom is -0.340 e. The molecule has 2 rings (SSSR count). The van der Waals surface area contributed by atoms with Crippen LogP contribution in [0.1, 0.15) is 44.3 Å². The SMILES string of the molecule is CCCNCC1CCCCN1Cc1noc(C)n1. The average Bonchev–Trinajstić information content (AvgIpc) is 2.77. The van der Waals surface area contributed by atoms with E-state index in [-0.39, 0.29) is 0 Å². The second-order valence-corrected chi connectivity index (χ2v) is 5.05. The molecule has 5 heteroatoms. The Morgan fingerprint density at radius 1 is 1.44 bits per heavy atom. The third-order valence-corrected chi connectivity index (χ3v) is 3.47. The number of nitrogens with one attached hydrogen (secondary N) is 1. The van der Waals surface area contributed by atoms with Gasteiger partial charge in [0.1, 0.15) is 0 Å². The molecule has 5 nitrogen and oxygen atoms in total. The normalized spacial score (nSPS) is 21.3. The summed E-state index contributed by atoms with van der Waals surface area (Å²) in [5.74, 6) is 1.47. The molecule has 1 aromatic heterocycles. The van der Waals surface area contributed by atoms with E-state index in [1.165, 1.54) is 25.7 Å². The topological polar surface area (TPSA) is 54.2 Å². The zero-order valence-electron chi connectivity index (χ0n) is 11.5. The van der Waals surface area contributed by atoms with E-state index in [4.69, 9.17) is 4.52 Å². The van der Waals surface area contributed by atoms with Crippen molar-refractivity contribution < 1.29 is 4.52 Å². The lowest BCUT2D eigenvalue weighted by Gasteiger charge is -2.35. The quantitative estimate of drug-likeness (QED) is 0.781. The van der Waals surface area contributed by atoms with Crippen LogP contribution in [0.15, 0.2) is 4.52 Å². The van der Waals surface area contributed by atoms with Gasteiger partial charge in [0.25, 0.3) is 0 Å². The van der Waals surface area contributed by atoms with Gasteiger partial charge >= 0.3 is 0 Å². The van der Waals surface area contributed by atoms with E-state index < -0.39 is 0 Å². The number of aromatic nitrogens is 2. The maximum Gasteiger partial charge on any atom is 0.223 e. The molecule has 2 heterocycles. The van der Waals surface area contributed by atoms with Gasteiger partial charge < -0.3 is 9.84 Å². The zero-order chi connectivity index (χ0) is 12.8. The monoisotopic (exact) mass is 252 g/mol. The number of hydrogen-bond donors (Lipinski definition) is 1. The van der Waals surface area contributed by atoms with Crippen LogP contribution >= 0.6 is 0 Å². The van der Waals surface area contributed by atoms with Gasteiger partial charge in [-0.15, -0.1) is 0 Å². The second kappa shape index (κ2) is 6.85. The first kappa shape index (κ1) is 13.5. The Morgan fingerprint density at radius 3 is 3.06 bits per heavy atom. The van der Waals surface area contributed by atoms with E-state index >= 15 is 0 Å². The van der Waals surface area contributed by atoms with Crippen LogP contribution in [-0.4, -0.2) is 40.7 Å². The highest BCUT2D eigenvalue weighted by atomic mass is 16.5. The third kappa shape index (κ3) is 3.78. The molecule has 1 saturated heterocycles. The molecule has 1 unspecified atom stereocenters. The van der Waals surface area contributed by atoms with E-state index in [0.717, 1.165) is 32.0 Å². The summed E-state index contributed by atoms with van der Waals surface area (Å²) in [6.45, 7) is 8.18. The van der Waals surface area contributed by atoms with Gasteiger partial charge in [-0.05, 0) is 32.4 Å². The molecule has 0 aliphatic carbocycles. The Balaban J connectivity index is 1.86. The van der Waals surface area contributed by atoms with Crippen molar-refractivity contribution in [1.82, 2.24) is 20.4 Å². The van der Waals surface area contributed by atoms with E-state index in [1.54, 1.807) is 0 Å². The highest BCUT2D eigenvalue weighted by Crippen LogP contribution is 2.18. The number of aryl methyl sites for hydroxylation is 1. The van der Waals surface area contributed by atoms with Crippen molar-refractivity contribution in [1.29, 1.82) is 0 Å². The number of rotatable bonds is 6. The van der Waals surface area contributed by atoms with Gasteiger partial charge in [0.2, 0.25) is 5.89 Å². The summed E-state index contributed by atoms with van der Waals surface area (Å²) in [4.78, 5) is 6.78. The average molecular weight is 252 g/mol. The van der Waals surface area contributed by atoms with Crippen molar-refractivity contribution in [3.8, 4) is 0 Å². The molecule has 0 radical (unpaired) electrons. The lowest BCUT2D eigenvalue weighted by atomic mass is 10.0. The predicted molar refractivity (Wildman–Crippen MR) is 70.2 cm³/mol. The molecule has 1 atom stereocenters. The first-order chi connectivity index (χ1) is 8.79. The van der Waals surface area contributed by atoms with Crippen LogP contribution in [0.2, 0.25) is 0 Å². The van der Waals surface area contributed by atoms with Crippen molar-refractivity contribution >= 4 is 0 Å². The molecule has 0 bridgehead atoms. The van der Waals surface area contributed by atoms with Crippen LogP contribution in [-0.2, 0) is 6.54 Å². The summed E-state index contributed by atoms with van der Waals surface area (Å²) >= 11 is 0. The summed E-state index contributed by atoms with van der Waals surface area (Å²) in [6, 6.07) is 0.615. The highest BCUT2D eigenvalue weighted by Gasteiger charge is 2.23. The minimum atomic E-state index is 0.615. The van der Waals surface area contributed by atoms with Gasteiger partial charge in [0, 0.05) is 19.5 Å². The van der Waals surface area contributed by atoms with Gasteiger partial charge in [-0.1, -0.05) is 18.5 Å². The summed E-state index contributed by atoms with van der Waals surface area (Å²) in [6.07, 6.45) is 5.08. The molecule has 1 aromatic rings. The molecular weight excluding hydrogens is 228 g/mol. The zero-order valence-corrected chi connectivity index (χ0v) is 11.5. The summed E-state index contributed by atoms with van der Waals surface area (Å²) in [5, 5.41) is 7.51. The number of hydrogen-bond acceptors (Lipinski definition) is 5. The molecule has 1 aliphatic rings. The fourth-order valence-electron chi connectivity index (χ4n) is 2.53. The van der Waals surface area contributed by atoms with E-state index in [9.17, 15) is 0 Å². The van der Waals surface area contributed by atoms with Crippen LogP contribution in [0.4, 0.5) is 0 Å². The van der Waals surface area contributed by atoms with Gasteiger partial charge in [-0.25, -0.2) is 0 Å². The smallest absolute Gasteiger partial charge is 0.223 e. The molecule has 0 spiro atoms. The van der Waals surface area contributed by atoms with Crippen LogP contribution < -0.4 is 5.32 Å². The third-order valence-electron chi connectivity index (χ3n) is 3.47. The highest BCUT2D eigenvalue weighted by molar-refractivity contribution is 4.88. The van der Waals surface area contributed by atoms with Crippen LogP contribution in [0.5, 0.6) is 0 Å². The molecule has 1 fully saturated rings. The molecule has 0 saturated carbocycles. The summed E-state index contributed by atoms with van der Waals surface area (Å²) in [7, 11) is 0. The molecule has 0 amide bonds. The predicted octanol–water partition coefficient (Wildman–Crippen LogP) is 1.73. The summed E-state index contributed by atoms with van der Waals surface area (Å²) < 4.78 is 5.04. The second-order valence-electron chi connectivity index (χ2n) is 5.05. The molecule has 1 N–H and O–H groups in total. The van der Waals surface area contributed by atoms with Crippen molar-refractivity contribution in [3.05, 3.63) is 11.7 Å². The molecule has 1 aliphatic heterocycles. The Hall–Kier alpha value is -0.940. The van der Waals surface area contributed by atoms with Crippen molar-refractivity contribution in [2.24, 2.45) is 0 Å². The largest absolute Gasteiger partial charge is 0.340 e. The van der Waals surface area contributed by atoms with Gasteiger partial charge in [-0.3, -0.25) is 4.90 Å². The van der Waals surface area contributed by atoms with Crippen molar-refractivity contribution in [2.45, 2.75) is 52.1 Å². The number of piperidine rings is 1. The molecular formula is C13H24N4O. The van der Waals surface area contributed by atoms with Crippen LogP contribution in [0.3, 0.4) is 0 Å². The van der Waals surface area contributed by atoms with Crippen LogP contribution in [0, 0.1) is 6.92 Å². The maximum atomic E-state index is 5.04. The lowest BCUT2D eigenvalue weighted by Crippen LogP contribution is -2.45. The summed E-state index contributed by atoms with van der Waals surface area (Å²) in [5.41, 5.74) is 0. The maximum absolute atomic E-state index is 5.04. The minimum absolute atomic E-state index is 0.615. The van der Waals surface area contributed by atoms with Crippen molar-refractivity contribution in [3.63, 3.8) is 0 Å². The number of likely N-dealkylation sites (tertiary alicyclic amines) is 1. The Bertz CT molecular complexity index is 353. The molecule has 102 valence electrons. The van der Waals surface area contributed by atoms with Gasteiger partial charge in [0.05, 0.1) is 6.54 Å². The van der Waals surface area contributed by atoms with E-state index in [0.29, 0.717) is 11.9 Å². The van der Waals surface area contributed by atoms with E-state index in [1.807, 2.05) is 6.92 Å². The Labute approximate surface area is 109 Å². The Kier molecular flexibility index (Phi) is 5.13. The van der Waals surface area contributed by atoms with Crippen LogP contribution in [0.25, 0.3) is 0 Å². The van der Waals surface area contributed by atoms with Crippen molar-refractivity contribution in [2.75, 3.05) is 19.6 Å². The fraction of sp³-hybridized carbons (Fsp3) is 0.846. The first-order valence-electron chi connectivity index (χ1n) is 7.03. The molecule has 0 aromatic carbocycles. The van der Waals surface area contributed by atoms with Gasteiger partial charge in [0.15, 0.2) is 5.82 Å². The lowest BCUT2D eigenvalue weighted by molar-refractivity contribution is 0.133. The number of nitrogens with zero attached hydrogens (tertiary/aromatic N) is 3. The standard InChI is InChI=1S/C13H24N4O/c1-3-7-14-9-12-6-4-5-8-17(12)10-13-15-11(2)18-16-13/h12,14H,3-10H2,1-2H3. The van der Waals surface area contributed by atoms with Gasteiger partial charge in [-0.2, -0.15) is 4.98 Å². The Morgan fingerprint density at radius 2 is 2.33 bits per heavy atom. The fourth-order valence-corrected chi connectivity index (χ4v) is 2.53.